The first kappa shape index (κ1) is 17.3. The molecule has 1 amide bonds. The number of benzene rings is 1. The number of hydrogen-bond donors (Lipinski definition) is 4. The van der Waals surface area contributed by atoms with Crippen LogP contribution in [-0.2, 0) is 0 Å². The second kappa shape index (κ2) is 7.28. The Labute approximate surface area is 160 Å². The van der Waals surface area contributed by atoms with E-state index in [4.69, 9.17) is 5.53 Å². The Balaban J connectivity index is 1.65. The summed E-state index contributed by atoms with van der Waals surface area (Å²) in [5.41, 5.74) is 11.7. The number of aromatic nitrogens is 3. The Bertz CT molecular complexity index is 1170. The number of pyridine rings is 2. The van der Waals surface area contributed by atoms with Crippen molar-refractivity contribution in [3.05, 3.63) is 66.6 Å². The van der Waals surface area contributed by atoms with Crippen LogP contribution < -0.4 is 10.6 Å². The summed E-state index contributed by atoms with van der Waals surface area (Å²) in [5.74, 6) is 0.219. The zero-order valence-corrected chi connectivity index (χ0v) is 15.0. The molecule has 0 fully saturated rings. The highest BCUT2D eigenvalue weighted by molar-refractivity contribution is 6.04. The molecule has 138 valence electrons. The SMILES string of the molecule is CNc1cc(-c2c[nH]c3nc(NC(=O)c4ccncc4)ccc23)ccc1N=N. The molecular formula is C20H17N7O. The lowest BCUT2D eigenvalue weighted by Crippen LogP contribution is -2.12. The maximum absolute atomic E-state index is 12.3. The van der Waals surface area contributed by atoms with Crippen molar-refractivity contribution in [3.8, 4) is 11.1 Å². The Morgan fingerprint density at radius 3 is 2.71 bits per heavy atom. The minimum Gasteiger partial charge on any atom is -0.386 e. The van der Waals surface area contributed by atoms with E-state index in [1.54, 1.807) is 43.7 Å². The highest BCUT2D eigenvalue weighted by Crippen LogP contribution is 2.34. The molecule has 0 spiro atoms. The van der Waals surface area contributed by atoms with Crippen molar-refractivity contribution < 1.29 is 4.79 Å². The number of anilines is 2. The zero-order chi connectivity index (χ0) is 19.5. The lowest BCUT2D eigenvalue weighted by atomic mass is 10.0. The van der Waals surface area contributed by atoms with Crippen molar-refractivity contribution >= 4 is 34.1 Å². The number of aromatic amines is 1. The fourth-order valence-corrected chi connectivity index (χ4v) is 3.01. The van der Waals surface area contributed by atoms with E-state index in [9.17, 15) is 4.79 Å². The predicted molar refractivity (Wildman–Crippen MR) is 108 cm³/mol. The van der Waals surface area contributed by atoms with Crippen LogP contribution in [0.3, 0.4) is 0 Å². The van der Waals surface area contributed by atoms with Gasteiger partial charge in [0, 0.05) is 42.2 Å². The molecule has 0 aliphatic rings. The van der Waals surface area contributed by atoms with Gasteiger partial charge in [0.15, 0.2) is 0 Å². The van der Waals surface area contributed by atoms with E-state index in [0.717, 1.165) is 22.2 Å². The Kier molecular flexibility index (Phi) is 4.51. The van der Waals surface area contributed by atoms with Crippen molar-refractivity contribution in [1.29, 1.82) is 5.53 Å². The maximum atomic E-state index is 12.3. The van der Waals surface area contributed by atoms with E-state index >= 15 is 0 Å². The standard InChI is InChI=1S/C20H17N7O/c1-22-17-10-13(2-4-16(17)27-21)15-11-24-19-14(15)3-5-18(25-19)26-20(28)12-6-8-23-9-7-12/h2-11,21-22H,1H3,(H2,24,25,26,28). The molecule has 4 aromatic rings. The van der Waals surface area contributed by atoms with Gasteiger partial charge in [-0.05, 0) is 42.0 Å². The van der Waals surface area contributed by atoms with Crippen molar-refractivity contribution in [3.63, 3.8) is 0 Å². The number of nitrogens with one attached hydrogen (secondary N) is 4. The number of amides is 1. The fourth-order valence-electron chi connectivity index (χ4n) is 3.01. The van der Waals surface area contributed by atoms with Crippen LogP contribution in [0.5, 0.6) is 0 Å². The maximum Gasteiger partial charge on any atom is 0.256 e. The topological polar surface area (TPSA) is 119 Å². The molecule has 1 aromatic carbocycles. The summed E-state index contributed by atoms with van der Waals surface area (Å²) in [6.07, 6.45) is 5.02. The first-order valence-electron chi connectivity index (χ1n) is 8.59. The number of fused-ring (bicyclic) bond motifs is 1. The third-order valence-corrected chi connectivity index (χ3v) is 4.42. The van der Waals surface area contributed by atoms with Crippen LogP contribution in [0.2, 0.25) is 0 Å². The Morgan fingerprint density at radius 1 is 1.14 bits per heavy atom. The first-order chi connectivity index (χ1) is 13.7. The molecule has 8 heteroatoms. The van der Waals surface area contributed by atoms with E-state index < -0.39 is 0 Å². The van der Waals surface area contributed by atoms with Gasteiger partial charge < -0.3 is 15.6 Å². The third-order valence-electron chi connectivity index (χ3n) is 4.42. The number of carbonyl (C=O) groups excluding carboxylic acids is 1. The smallest absolute Gasteiger partial charge is 0.256 e. The molecular weight excluding hydrogens is 354 g/mol. The van der Waals surface area contributed by atoms with Crippen molar-refractivity contribution in [1.82, 2.24) is 15.0 Å². The highest BCUT2D eigenvalue weighted by atomic mass is 16.1. The van der Waals surface area contributed by atoms with Gasteiger partial charge in [0.1, 0.15) is 17.2 Å². The minimum absolute atomic E-state index is 0.241. The second-order valence-electron chi connectivity index (χ2n) is 6.08. The van der Waals surface area contributed by atoms with Gasteiger partial charge in [0.05, 0.1) is 5.69 Å². The van der Waals surface area contributed by atoms with Crippen LogP contribution in [0.25, 0.3) is 22.2 Å². The lowest BCUT2D eigenvalue weighted by Gasteiger charge is -2.07. The van der Waals surface area contributed by atoms with E-state index in [1.165, 1.54) is 0 Å². The van der Waals surface area contributed by atoms with Gasteiger partial charge in [0.2, 0.25) is 0 Å². The summed E-state index contributed by atoms with van der Waals surface area (Å²) >= 11 is 0. The summed E-state index contributed by atoms with van der Waals surface area (Å²) in [7, 11) is 1.79. The van der Waals surface area contributed by atoms with E-state index in [0.29, 0.717) is 22.7 Å². The quantitative estimate of drug-likeness (QED) is 0.384. The molecule has 0 saturated heterocycles. The molecule has 0 aliphatic heterocycles. The van der Waals surface area contributed by atoms with Crippen LogP contribution in [-0.4, -0.2) is 27.9 Å². The molecule has 28 heavy (non-hydrogen) atoms. The van der Waals surface area contributed by atoms with Gasteiger partial charge in [0.25, 0.3) is 5.91 Å². The molecule has 0 unspecified atom stereocenters. The van der Waals surface area contributed by atoms with Crippen LogP contribution in [0.15, 0.2) is 66.2 Å². The molecule has 3 heterocycles. The summed E-state index contributed by atoms with van der Waals surface area (Å²) in [4.78, 5) is 23.8. The molecule has 4 rings (SSSR count). The summed E-state index contributed by atoms with van der Waals surface area (Å²) in [5, 5.41) is 10.3. The fraction of sp³-hybridized carbons (Fsp3) is 0.0500. The van der Waals surface area contributed by atoms with Gasteiger partial charge in [-0.3, -0.25) is 9.78 Å². The number of rotatable bonds is 5. The average Bonchev–Trinajstić information content (AvgIpc) is 3.17. The summed E-state index contributed by atoms with van der Waals surface area (Å²) < 4.78 is 0. The van der Waals surface area contributed by atoms with Gasteiger partial charge in [-0.2, -0.15) is 5.11 Å². The van der Waals surface area contributed by atoms with E-state index in [-0.39, 0.29) is 5.91 Å². The van der Waals surface area contributed by atoms with Crippen LogP contribution >= 0.6 is 0 Å². The van der Waals surface area contributed by atoms with Crippen molar-refractivity contribution in [2.45, 2.75) is 0 Å². The average molecular weight is 371 g/mol. The molecule has 4 N–H and O–H groups in total. The van der Waals surface area contributed by atoms with Crippen LogP contribution in [0.1, 0.15) is 10.4 Å². The van der Waals surface area contributed by atoms with Gasteiger partial charge in [-0.1, -0.05) is 6.07 Å². The number of hydrogen-bond acceptors (Lipinski definition) is 6. The predicted octanol–water partition coefficient (Wildman–Crippen LogP) is 4.58. The molecule has 0 bridgehead atoms. The van der Waals surface area contributed by atoms with Crippen LogP contribution in [0, 0.1) is 5.53 Å². The second-order valence-corrected chi connectivity index (χ2v) is 6.08. The number of H-pyrrole nitrogens is 1. The largest absolute Gasteiger partial charge is 0.386 e. The Morgan fingerprint density at radius 2 is 1.96 bits per heavy atom. The molecule has 0 radical (unpaired) electrons. The monoisotopic (exact) mass is 371 g/mol. The van der Waals surface area contributed by atoms with Crippen LogP contribution in [0.4, 0.5) is 17.2 Å². The van der Waals surface area contributed by atoms with Crippen molar-refractivity contribution in [2.24, 2.45) is 5.11 Å². The number of carbonyl (C=O) groups is 1. The lowest BCUT2D eigenvalue weighted by molar-refractivity contribution is 0.102. The summed E-state index contributed by atoms with van der Waals surface area (Å²) in [6, 6.07) is 12.6. The van der Waals surface area contributed by atoms with Crippen molar-refractivity contribution in [2.75, 3.05) is 17.7 Å². The third kappa shape index (κ3) is 3.18. The Hall–Kier alpha value is -4.07. The van der Waals surface area contributed by atoms with Gasteiger partial charge >= 0.3 is 0 Å². The summed E-state index contributed by atoms with van der Waals surface area (Å²) in [6.45, 7) is 0. The van der Waals surface area contributed by atoms with E-state index in [1.807, 2.05) is 24.4 Å². The normalized spacial score (nSPS) is 10.6. The van der Waals surface area contributed by atoms with E-state index in [2.05, 4.69) is 30.7 Å². The highest BCUT2D eigenvalue weighted by Gasteiger charge is 2.12. The van der Waals surface area contributed by atoms with Gasteiger partial charge in [-0.15, -0.1) is 0 Å². The minimum atomic E-state index is -0.241. The zero-order valence-electron chi connectivity index (χ0n) is 15.0. The molecule has 8 nitrogen and oxygen atoms in total. The first-order valence-corrected chi connectivity index (χ1v) is 8.59. The van der Waals surface area contributed by atoms with Gasteiger partial charge in [-0.25, -0.2) is 10.5 Å². The molecule has 3 aromatic heterocycles. The molecule has 0 aliphatic carbocycles. The molecule has 0 atom stereocenters. The number of nitrogens with zero attached hydrogens (tertiary/aromatic N) is 3. The molecule has 0 saturated carbocycles.